The number of thioether (sulfide) groups is 2. The Balaban J connectivity index is 1.27. The van der Waals surface area contributed by atoms with Crippen molar-refractivity contribution in [3.8, 4) is 0 Å². The molecule has 1 saturated heterocycles. The average molecular weight is 521 g/mol. The molecule has 3 aromatic rings. The van der Waals surface area contributed by atoms with Crippen LogP contribution in [-0.2, 0) is 17.1 Å². The van der Waals surface area contributed by atoms with E-state index in [9.17, 15) is 9.59 Å². The van der Waals surface area contributed by atoms with Gasteiger partial charge in [-0.3, -0.25) is 9.59 Å². The van der Waals surface area contributed by atoms with Crippen LogP contribution < -0.4 is 5.32 Å². The van der Waals surface area contributed by atoms with Crippen molar-refractivity contribution < 1.29 is 14.0 Å². The smallest absolute Gasteiger partial charge is 0.251 e. The maximum atomic E-state index is 12.5. The van der Waals surface area contributed by atoms with Gasteiger partial charge in [0.2, 0.25) is 5.91 Å². The van der Waals surface area contributed by atoms with Gasteiger partial charge in [0.1, 0.15) is 11.1 Å². The van der Waals surface area contributed by atoms with Crippen molar-refractivity contribution in [1.82, 2.24) is 10.2 Å². The summed E-state index contributed by atoms with van der Waals surface area (Å²) < 4.78 is 5.40. The number of amides is 2. The summed E-state index contributed by atoms with van der Waals surface area (Å²) in [6.07, 6.45) is 1.61. The molecule has 5 nitrogen and oxygen atoms in total. The average Bonchev–Trinajstić information content (AvgIpc) is 3.46. The van der Waals surface area contributed by atoms with Crippen molar-refractivity contribution in [1.29, 1.82) is 0 Å². The van der Waals surface area contributed by atoms with E-state index in [0.717, 1.165) is 22.6 Å². The summed E-state index contributed by atoms with van der Waals surface area (Å²) in [7, 11) is 0. The van der Waals surface area contributed by atoms with Crippen LogP contribution in [0.2, 0.25) is 10.0 Å². The van der Waals surface area contributed by atoms with E-state index in [0.29, 0.717) is 40.2 Å². The quantitative estimate of drug-likeness (QED) is 0.349. The molecule has 1 fully saturated rings. The molecule has 9 heteroatoms. The van der Waals surface area contributed by atoms with Crippen molar-refractivity contribution in [2.45, 2.75) is 17.7 Å². The molecule has 2 aromatic carbocycles. The van der Waals surface area contributed by atoms with Gasteiger partial charge < -0.3 is 14.6 Å². The van der Waals surface area contributed by atoms with Crippen LogP contribution in [0.15, 0.2) is 65.3 Å². The maximum Gasteiger partial charge on any atom is 0.251 e. The highest BCUT2D eigenvalue weighted by Gasteiger charge is 2.33. The van der Waals surface area contributed by atoms with Crippen molar-refractivity contribution >= 4 is 58.5 Å². The van der Waals surface area contributed by atoms with Crippen LogP contribution in [0.1, 0.15) is 32.6 Å². The molecule has 2 heterocycles. The van der Waals surface area contributed by atoms with E-state index >= 15 is 0 Å². The van der Waals surface area contributed by atoms with Crippen LogP contribution >= 0.6 is 46.7 Å². The standard InChI is InChI=1S/C24H22Cl2N2O3S2/c25-20-4-1-5-21(26)19(20)14-32-12-10-27-23(30)16-6-8-17(9-7-16)24-28(22(29)15-33-24)13-18-3-2-11-31-18/h1-9,11,24H,10,12-15H2,(H,27,30)/t24-/m0/s1. The normalized spacial score (nSPS) is 15.8. The van der Waals surface area contributed by atoms with Crippen LogP contribution in [0.5, 0.6) is 0 Å². The Labute approximate surface area is 211 Å². The van der Waals surface area contributed by atoms with E-state index in [1.807, 2.05) is 42.5 Å². The minimum absolute atomic E-state index is 0.0822. The largest absolute Gasteiger partial charge is 0.467 e. The number of halogens is 2. The minimum Gasteiger partial charge on any atom is -0.467 e. The van der Waals surface area contributed by atoms with Crippen molar-refractivity contribution in [3.05, 3.63) is 93.4 Å². The first-order valence-corrected chi connectivity index (χ1v) is 13.3. The molecule has 0 unspecified atom stereocenters. The first-order chi connectivity index (χ1) is 16.0. The van der Waals surface area contributed by atoms with Gasteiger partial charge in [0, 0.05) is 33.7 Å². The number of carbonyl (C=O) groups excluding carboxylic acids is 2. The van der Waals surface area contributed by atoms with E-state index in [2.05, 4.69) is 5.32 Å². The van der Waals surface area contributed by atoms with E-state index in [-0.39, 0.29) is 17.2 Å². The van der Waals surface area contributed by atoms with Gasteiger partial charge in [0.15, 0.2) is 0 Å². The van der Waals surface area contributed by atoms with E-state index in [1.165, 1.54) is 0 Å². The fraction of sp³-hybridized carbons (Fsp3) is 0.250. The summed E-state index contributed by atoms with van der Waals surface area (Å²) in [6, 6.07) is 16.6. The van der Waals surface area contributed by atoms with E-state index < -0.39 is 0 Å². The van der Waals surface area contributed by atoms with Gasteiger partial charge in [-0.1, -0.05) is 41.4 Å². The highest BCUT2D eigenvalue weighted by atomic mass is 35.5. The number of nitrogens with one attached hydrogen (secondary N) is 1. The molecule has 0 bridgehead atoms. The molecule has 1 aliphatic rings. The van der Waals surface area contributed by atoms with Gasteiger partial charge in [-0.05, 0) is 47.5 Å². The Morgan fingerprint density at radius 1 is 1.12 bits per heavy atom. The lowest BCUT2D eigenvalue weighted by molar-refractivity contribution is -0.128. The van der Waals surface area contributed by atoms with Gasteiger partial charge in [-0.15, -0.1) is 11.8 Å². The number of nitrogens with zero attached hydrogens (tertiary/aromatic N) is 1. The Bertz CT molecular complexity index is 1090. The molecule has 0 spiro atoms. The number of furan rings is 1. The molecule has 1 aromatic heterocycles. The number of rotatable bonds is 9. The zero-order chi connectivity index (χ0) is 23.2. The van der Waals surface area contributed by atoms with Crippen molar-refractivity contribution in [3.63, 3.8) is 0 Å². The Morgan fingerprint density at radius 3 is 2.58 bits per heavy atom. The number of hydrogen-bond acceptors (Lipinski definition) is 5. The molecule has 0 radical (unpaired) electrons. The van der Waals surface area contributed by atoms with E-state index in [4.69, 9.17) is 27.6 Å². The van der Waals surface area contributed by atoms with Crippen LogP contribution in [0, 0.1) is 0 Å². The van der Waals surface area contributed by atoms with Gasteiger partial charge in [0.25, 0.3) is 5.91 Å². The molecular weight excluding hydrogens is 499 g/mol. The Kier molecular flexibility index (Phi) is 8.30. The molecule has 172 valence electrons. The fourth-order valence-corrected chi connectivity index (χ4v) is 6.24. The summed E-state index contributed by atoms with van der Waals surface area (Å²) in [6.45, 7) is 0.972. The van der Waals surface area contributed by atoms with Crippen molar-refractivity contribution in [2.75, 3.05) is 18.1 Å². The monoisotopic (exact) mass is 520 g/mol. The van der Waals surface area contributed by atoms with Gasteiger partial charge >= 0.3 is 0 Å². The second-order valence-corrected chi connectivity index (χ2v) is 10.4. The SMILES string of the molecule is O=C(NCCSCc1c(Cl)cccc1Cl)c1ccc([C@@H]2SCC(=O)N2Cc2ccco2)cc1. The second-order valence-electron chi connectivity index (χ2n) is 7.40. The summed E-state index contributed by atoms with van der Waals surface area (Å²) in [4.78, 5) is 26.6. The molecule has 1 aliphatic heterocycles. The third-order valence-corrected chi connectivity index (χ3v) is 8.12. The summed E-state index contributed by atoms with van der Waals surface area (Å²) in [5.74, 6) is 2.58. The summed E-state index contributed by atoms with van der Waals surface area (Å²) in [5, 5.41) is 4.16. The van der Waals surface area contributed by atoms with Crippen LogP contribution in [-0.4, -0.2) is 34.8 Å². The molecule has 1 atom stereocenters. The molecule has 4 rings (SSSR count). The molecule has 33 heavy (non-hydrogen) atoms. The summed E-state index contributed by atoms with van der Waals surface area (Å²) in [5.41, 5.74) is 2.49. The third-order valence-electron chi connectivity index (χ3n) is 5.17. The molecule has 0 saturated carbocycles. The van der Waals surface area contributed by atoms with E-state index in [1.54, 1.807) is 46.8 Å². The predicted molar refractivity (Wildman–Crippen MR) is 136 cm³/mol. The fourth-order valence-electron chi connectivity index (χ4n) is 3.45. The van der Waals surface area contributed by atoms with Gasteiger partial charge in [-0.25, -0.2) is 0 Å². The number of hydrogen-bond donors (Lipinski definition) is 1. The van der Waals surface area contributed by atoms with Crippen LogP contribution in [0.25, 0.3) is 0 Å². The highest BCUT2D eigenvalue weighted by Crippen LogP contribution is 2.39. The number of benzene rings is 2. The molecule has 1 N–H and O–H groups in total. The number of carbonyl (C=O) groups is 2. The Morgan fingerprint density at radius 2 is 1.88 bits per heavy atom. The van der Waals surface area contributed by atoms with Gasteiger partial charge in [0.05, 0.1) is 18.6 Å². The summed E-state index contributed by atoms with van der Waals surface area (Å²) >= 11 is 15.6. The lowest BCUT2D eigenvalue weighted by atomic mass is 10.1. The lowest BCUT2D eigenvalue weighted by Crippen LogP contribution is -2.28. The topological polar surface area (TPSA) is 62.6 Å². The zero-order valence-corrected chi connectivity index (χ0v) is 20.8. The van der Waals surface area contributed by atoms with Gasteiger partial charge in [-0.2, -0.15) is 11.8 Å². The molecule has 2 amide bonds. The Hall–Kier alpha value is -2.06. The van der Waals surface area contributed by atoms with Crippen LogP contribution in [0.4, 0.5) is 0 Å². The maximum absolute atomic E-state index is 12.5. The first kappa shape index (κ1) is 24.1. The lowest BCUT2D eigenvalue weighted by Gasteiger charge is -2.23. The first-order valence-electron chi connectivity index (χ1n) is 10.3. The zero-order valence-electron chi connectivity index (χ0n) is 17.6. The third kappa shape index (κ3) is 6.09. The molecule has 0 aliphatic carbocycles. The van der Waals surface area contributed by atoms with Crippen LogP contribution in [0.3, 0.4) is 0 Å². The second kappa shape index (κ2) is 11.4. The highest BCUT2D eigenvalue weighted by molar-refractivity contribution is 8.00. The predicted octanol–water partition coefficient (Wildman–Crippen LogP) is 6.02. The minimum atomic E-state index is -0.125. The van der Waals surface area contributed by atoms with Crippen molar-refractivity contribution in [2.24, 2.45) is 0 Å². The molecular formula is C24H22Cl2N2O3S2.